The van der Waals surface area contributed by atoms with Crippen molar-refractivity contribution in [3.8, 4) is 16.8 Å². The minimum Gasteiger partial charge on any atom is -0.296 e. The van der Waals surface area contributed by atoms with E-state index in [9.17, 15) is 0 Å². The van der Waals surface area contributed by atoms with Crippen LogP contribution in [0.2, 0.25) is 0 Å². The molecule has 2 heteroatoms. The van der Waals surface area contributed by atoms with Gasteiger partial charge < -0.3 is 0 Å². The van der Waals surface area contributed by atoms with Gasteiger partial charge in [-0.25, -0.2) is 4.98 Å². The van der Waals surface area contributed by atoms with Crippen LogP contribution in [0.3, 0.4) is 0 Å². The molecule has 1 aromatic heterocycles. The summed E-state index contributed by atoms with van der Waals surface area (Å²) in [5, 5.41) is 2.44. The Bertz CT molecular complexity index is 1430. The number of benzene rings is 3. The van der Waals surface area contributed by atoms with Gasteiger partial charge in [0.25, 0.3) is 0 Å². The highest BCUT2D eigenvalue weighted by molar-refractivity contribution is 5.92. The first-order valence-electron chi connectivity index (χ1n) is 12.5. The maximum Gasteiger partial charge on any atom is 0.110 e. The molecule has 4 aromatic rings. The smallest absolute Gasteiger partial charge is 0.110 e. The molecule has 0 bridgehead atoms. The minimum atomic E-state index is 1.00. The Balaban J connectivity index is 0.00000167. The van der Waals surface area contributed by atoms with Gasteiger partial charge in [-0.2, -0.15) is 0 Å². The SMILES string of the molecule is C=C(/C=C\C)c1ccc2cc(-c3ccc(C)c(C)c3-n3c(C)nc(C)c3/C=C\C)ccc2c1.CC. The Hall–Kier alpha value is -3.65. The van der Waals surface area contributed by atoms with E-state index in [0.29, 0.717) is 0 Å². The van der Waals surface area contributed by atoms with Crippen LogP contribution in [0.25, 0.3) is 39.2 Å². The molecule has 2 nitrogen and oxygen atoms in total. The molecule has 0 radical (unpaired) electrons. The Labute approximate surface area is 211 Å². The third-order valence-corrected chi connectivity index (χ3v) is 6.40. The van der Waals surface area contributed by atoms with Gasteiger partial charge in [-0.3, -0.25) is 4.57 Å². The van der Waals surface area contributed by atoms with E-state index < -0.39 is 0 Å². The number of allylic oxidation sites excluding steroid dienone is 4. The van der Waals surface area contributed by atoms with Crippen molar-refractivity contribution in [2.75, 3.05) is 0 Å². The van der Waals surface area contributed by atoms with Gasteiger partial charge in [0, 0.05) is 5.56 Å². The van der Waals surface area contributed by atoms with Crippen molar-refractivity contribution in [2.24, 2.45) is 0 Å². The summed E-state index contributed by atoms with van der Waals surface area (Å²) in [6.45, 7) is 20.8. The number of rotatable bonds is 5. The molecule has 180 valence electrons. The van der Waals surface area contributed by atoms with Gasteiger partial charge in [-0.15, -0.1) is 0 Å². The summed E-state index contributed by atoms with van der Waals surface area (Å²) in [6.07, 6.45) is 8.31. The number of hydrogen-bond acceptors (Lipinski definition) is 1. The Morgan fingerprint density at radius 1 is 0.857 bits per heavy atom. The highest BCUT2D eigenvalue weighted by atomic mass is 15.1. The molecule has 0 saturated heterocycles. The second kappa shape index (κ2) is 11.2. The van der Waals surface area contributed by atoms with Crippen LogP contribution in [0.1, 0.15) is 61.6 Å². The maximum atomic E-state index is 4.80. The molecule has 0 amide bonds. The predicted octanol–water partition coefficient (Wildman–Crippen LogP) is 9.57. The standard InChI is InChI=1S/C31H32N2.C2H6/c1-8-10-21(4)25-13-14-27-19-28(16-15-26(27)18-25)29-17-12-20(3)22(5)31(29)33-24(7)32-23(6)30(33)11-9-2;1-2/h8-19H,4H2,1-3,5-7H3;1-2H3/b10-8-,11-9-;. The molecule has 1 heterocycles. The summed E-state index contributed by atoms with van der Waals surface area (Å²) in [5.74, 6) is 1.00. The van der Waals surface area contributed by atoms with E-state index >= 15 is 0 Å². The quantitative estimate of drug-likeness (QED) is 0.270. The fourth-order valence-corrected chi connectivity index (χ4v) is 4.55. The van der Waals surface area contributed by atoms with Crippen molar-refractivity contribution in [1.82, 2.24) is 9.55 Å². The van der Waals surface area contributed by atoms with Crippen LogP contribution in [-0.2, 0) is 0 Å². The number of imidazole rings is 1. The molecule has 0 aliphatic rings. The van der Waals surface area contributed by atoms with Gasteiger partial charge in [-0.1, -0.05) is 75.1 Å². The third-order valence-electron chi connectivity index (χ3n) is 6.40. The van der Waals surface area contributed by atoms with Gasteiger partial charge in [0.15, 0.2) is 0 Å². The molecule has 0 saturated carbocycles. The lowest BCUT2D eigenvalue weighted by molar-refractivity contribution is 0.954. The van der Waals surface area contributed by atoms with E-state index in [1.807, 2.05) is 26.8 Å². The zero-order valence-electron chi connectivity index (χ0n) is 22.5. The van der Waals surface area contributed by atoms with Crippen LogP contribution < -0.4 is 0 Å². The minimum absolute atomic E-state index is 1.00. The zero-order chi connectivity index (χ0) is 25.7. The van der Waals surface area contributed by atoms with Crippen LogP contribution in [0.15, 0.2) is 73.3 Å². The molecular weight excluding hydrogens is 424 g/mol. The van der Waals surface area contributed by atoms with Crippen molar-refractivity contribution >= 4 is 22.4 Å². The first-order chi connectivity index (χ1) is 16.8. The van der Waals surface area contributed by atoms with E-state index in [1.165, 1.54) is 38.7 Å². The molecule has 35 heavy (non-hydrogen) atoms. The average Bonchev–Trinajstić information content (AvgIpc) is 3.14. The van der Waals surface area contributed by atoms with E-state index in [0.717, 1.165) is 28.3 Å². The van der Waals surface area contributed by atoms with Crippen LogP contribution in [0.4, 0.5) is 0 Å². The molecule has 0 N–H and O–H groups in total. The Kier molecular flexibility index (Phi) is 8.30. The van der Waals surface area contributed by atoms with E-state index in [2.05, 4.69) is 113 Å². The lowest BCUT2D eigenvalue weighted by Gasteiger charge is -2.19. The van der Waals surface area contributed by atoms with Gasteiger partial charge >= 0.3 is 0 Å². The molecule has 0 spiro atoms. The number of aryl methyl sites for hydroxylation is 3. The lowest BCUT2D eigenvalue weighted by Crippen LogP contribution is -2.06. The van der Waals surface area contributed by atoms with Crippen molar-refractivity contribution < 1.29 is 0 Å². The van der Waals surface area contributed by atoms with Gasteiger partial charge in [0.05, 0.1) is 17.1 Å². The average molecular weight is 463 g/mol. The van der Waals surface area contributed by atoms with Crippen molar-refractivity contribution in [3.63, 3.8) is 0 Å². The molecule has 4 rings (SSSR count). The Morgan fingerprint density at radius 3 is 2.23 bits per heavy atom. The number of hydrogen-bond donors (Lipinski definition) is 0. The fourth-order valence-electron chi connectivity index (χ4n) is 4.55. The molecular formula is C33H38N2. The first-order valence-corrected chi connectivity index (χ1v) is 12.5. The van der Waals surface area contributed by atoms with Crippen LogP contribution in [0.5, 0.6) is 0 Å². The van der Waals surface area contributed by atoms with Crippen LogP contribution in [-0.4, -0.2) is 9.55 Å². The summed E-state index contributed by atoms with van der Waals surface area (Å²) in [7, 11) is 0. The fraction of sp³-hybridized carbons (Fsp3) is 0.242. The molecule has 3 aromatic carbocycles. The monoisotopic (exact) mass is 462 g/mol. The molecule has 0 atom stereocenters. The summed E-state index contributed by atoms with van der Waals surface area (Å²) in [4.78, 5) is 4.80. The first kappa shape index (κ1) is 26.0. The van der Waals surface area contributed by atoms with Gasteiger partial charge in [-0.05, 0) is 98.4 Å². The van der Waals surface area contributed by atoms with Gasteiger partial charge in [0.1, 0.15) is 5.82 Å². The van der Waals surface area contributed by atoms with Crippen molar-refractivity contribution in [3.05, 3.63) is 107 Å². The topological polar surface area (TPSA) is 17.8 Å². The predicted molar refractivity (Wildman–Crippen MR) is 155 cm³/mol. The second-order valence-electron chi connectivity index (χ2n) is 8.67. The normalized spacial score (nSPS) is 11.3. The number of nitrogens with zero attached hydrogens (tertiary/aromatic N) is 2. The third kappa shape index (κ3) is 5.07. The van der Waals surface area contributed by atoms with Crippen molar-refractivity contribution in [2.45, 2.75) is 55.4 Å². The lowest BCUT2D eigenvalue weighted by atomic mass is 9.94. The number of fused-ring (bicyclic) bond motifs is 1. The molecule has 0 fully saturated rings. The van der Waals surface area contributed by atoms with Crippen LogP contribution in [0, 0.1) is 27.7 Å². The highest BCUT2D eigenvalue weighted by Gasteiger charge is 2.18. The summed E-state index contributed by atoms with van der Waals surface area (Å²) < 4.78 is 2.31. The molecule has 0 aliphatic heterocycles. The molecule has 0 unspecified atom stereocenters. The number of aromatic nitrogens is 2. The zero-order valence-corrected chi connectivity index (χ0v) is 22.5. The highest BCUT2D eigenvalue weighted by Crippen LogP contribution is 2.35. The second-order valence-corrected chi connectivity index (χ2v) is 8.67. The van der Waals surface area contributed by atoms with E-state index in [4.69, 9.17) is 4.98 Å². The largest absolute Gasteiger partial charge is 0.296 e. The van der Waals surface area contributed by atoms with E-state index in [1.54, 1.807) is 0 Å². The summed E-state index contributed by atoms with van der Waals surface area (Å²) in [6, 6.07) is 17.8. The van der Waals surface area contributed by atoms with E-state index in [-0.39, 0.29) is 0 Å². The Morgan fingerprint density at radius 2 is 1.54 bits per heavy atom. The molecule has 0 aliphatic carbocycles. The maximum absolute atomic E-state index is 4.80. The summed E-state index contributed by atoms with van der Waals surface area (Å²) in [5.41, 5.74) is 10.5. The van der Waals surface area contributed by atoms with Crippen molar-refractivity contribution in [1.29, 1.82) is 0 Å². The van der Waals surface area contributed by atoms with Crippen LogP contribution >= 0.6 is 0 Å². The summed E-state index contributed by atoms with van der Waals surface area (Å²) >= 11 is 0. The van der Waals surface area contributed by atoms with Gasteiger partial charge in [0.2, 0.25) is 0 Å².